The largest absolute Gasteiger partial charge is 0.347 e. The van der Waals surface area contributed by atoms with Crippen molar-refractivity contribution in [1.82, 2.24) is 19.4 Å². The number of sulfonamides is 1. The molecule has 1 aliphatic rings. The van der Waals surface area contributed by atoms with Crippen molar-refractivity contribution < 1.29 is 13.2 Å². The summed E-state index contributed by atoms with van der Waals surface area (Å²) >= 11 is 1.21. The number of hydrogen-bond acceptors (Lipinski definition) is 6. The van der Waals surface area contributed by atoms with Gasteiger partial charge >= 0.3 is 0 Å². The molecular weight excluding hydrogens is 432 g/mol. The van der Waals surface area contributed by atoms with E-state index in [-0.39, 0.29) is 5.91 Å². The topological polar surface area (TPSA) is 73.0 Å². The van der Waals surface area contributed by atoms with Gasteiger partial charge in [-0.1, -0.05) is 26.0 Å². The number of hydrogen-bond donors (Lipinski definition) is 1. The minimum atomic E-state index is -3.46. The van der Waals surface area contributed by atoms with Crippen LogP contribution in [0, 0.1) is 0 Å². The van der Waals surface area contributed by atoms with Gasteiger partial charge in [-0.3, -0.25) is 9.69 Å². The second-order valence-corrected chi connectivity index (χ2v) is 11.1. The van der Waals surface area contributed by atoms with Crippen LogP contribution in [0.3, 0.4) is 0 Å². The molecule has 0 bridgehead atoms. The molecule has 1 aromatic carbocycles. The lowest BCUT2D eigenvalue weighted by Gasteiger charge is -2.32. The Morgan fingerprint density at radius 3 is 2.48 bits per heavy atom. The maximum absolute atomic E-state index is 12.7. The Kier molecular flexibility index (Phi) is 8.23. The van der Waals surface area contributed by atoms with Gasteiger partial charge < -0.3 is 10.2 Å². The van der Waals surface area contributed by atoms with Gasteiger partial charge in [-0.15, -0.1) is 11.3 Å². The second kappa shape index (κ2) is 10.7. The van der Waals surface area contributed by atoms with E-state index in [0.717, 1.165) is 43.2 Å². The van der Waals surface area contributed by atoms with Crippen LogP contribution in [0.15, 0.2) is 40.6 Å². The average molecular weight is 465 g/mol. The number of carbonyl (C=O) groups excluding carboxylic acids is 1. The van der Waals surface area contributed by atoms with Crippen LogP contribution in [0.1, 0.15) is 34.6 Å². The zero-order chi connectivity index (χ0) is 22.4. The molecule has 9 heteroatoms. The van der Waals surface area contributed by atoms with Crippen LogP contribution in [-0.4, -0.2) is 74.7 Å². The predicted octanol–water partition coefficient (Wildman–Crippen LogP) is 2.46. The Bertz CT molecular complexity index is 978. The number of piperazine rings is 1. The first-order chi connectivity index (χ1) is 14.8. The first kappa shape index (κ1) is 23.9. The summed E-state index contributed by atoms with van der Waals surface area (Å²) in [5.41, 5.74) is 1.75. The van der Waals surface area contributed by atoms with Crippen molar-refractivity contribution in [2.24, 2.45) is 0 Å². The van der Waals surface area contributed by atoms with Gasteiger partial charge in [0.15, 0.2) is 0 Å². The van der Waals surface area contributed by atoms with E-state index in [1.807, 2.05) is 32.0 Å². The molecule has 1 amide bonds. The number of nitrogens with one attached hydrogen (secondary N) is 1. The molecule has 1 saturated heterocycles. The highest BCUT2D eigenvalue weighted by Crippen LogP contribution is 2.25. The third kappa shape index (κ3) is 6.14. The van der Waals surface area contributed by atoms with E-state index in [4.69, 9.17) is 0 Å². The van der Waals surface area contributed by atoms with Crippen LogP contribution in [0.5, 0.6) is 0 Å². The summed E-state index contributed by atoms with van der Waals surface area (Å²) < 4.78 is 27.0. The fourth-order valence-corrected chi connectivity index (χ4v) is 6.54. The molecule has 2 aromatic rings. The highest BCUT2D eigenvalue weighted by atomic mass is 32.2. The Morgan fingerprint density at radius 1 is 1.10 bits per heavy atom. The fourth-order valence-electron chi connectivity index (χ4n) is 3.63. The first-order valence-corrected chi connectivity index (χ1v) is 13.0. The lowest BCUT2D eigenvalue weighted by Crippen LogP contribution is -2.43. The normalized spacial score (nSPS) is 16.0. The van der Waals surface area contributed by atoms with E-state index >= 15 is 0 Å². The molecule has 1 N–H and O–H groups in total. The Morgan fingerprint density at radius 2 is 1.81 bits per heavy atom. The van der Waals surface area contributed by atoms with Gasteiger partial charge in [0.2, 0.25) is 0 Å². The Labute approximate surface area is 189 Å². The molecule has 1 aromatic heterocycles. The standard InChI is InChI=1S/C22H32N4O3S2/c1-4-26(5-2)31(28,29)21-10-9-20(30-21)16-23-22(27)19-8-6-7-18(15-19)17-25-13-11-24(3)12-14-25/h6-10,15H,4-5,11-14,16-17H2,1-3H3,(H,23,27). The molecule has 1 fully saturated rings. The third-order valence-corrected chi connectivity index (χ3v) is 9.15. The van der Waals surface area contributed by atoms with E-state index in [1.165, 1.54) is 15.6 Å². The van der Waals surface area contributed by atoms with Gasteiger partial charge in [0.25, 0.3) is 15.9 Å². The van der Waals surface area contributed by atoms with Crippen molar-refractivity contribution >= 4 is 27.3 Å². The number of thiophene rings is 1. The minimum absolute atomic E-state index is 0.151. The van der Waals surface area contributed by atoms with Crippen LogP contribution in [0.25, 0.3) is 0 Å². The van der Waals surface area contributed by atoms with Crippen LogP contribution < -0.4 is 5.32 Å². The van der Waals surface area contributed by atoms with E-state index in [9.17, 15) is 13.2 Å². The van der Waals surface area contributed by atoms with Crippen LogP contribution in [0.4, 0.5) is 0 Å². The summed E-state index contributed by atoms with van der Waals surface area (Å²) in [5, 5.41) is 2.92. The van der Waals surface area contributed by atoms with Gasteiger partial charge in [0.1, 0.15) is 4.21 Å². The maximum Gasteiger partial charge on any atom is 0.252 e. The summed E-state index contributed by atoms with van der Waals surface area (Å²) in [6.07, 6.45) is 0. The summed E-state index contributed by atoms with van der Waals surface area (Å²) in [6, 6.07) is 11.1. The average Bonchev–Trinajstić information content (AvgIpc) is 3.25. The van der Waals surface area contributed by atoms with E-state index in [0.29, 0.717) is 29.4 Å². The molecule has 0 unspecified atom stereocenters. The number of likely N-dealkylation sites (N-methyl/N-ethyl adjacent to an activating group) is 1. The lowest BCUT2D eigenvalue weighted by molar-refractivity contribution is 0.0951. The molecule has 170 valence electrons. The summed E-state index contributed by atoms with van der Waals surface area (Å²) in [4.78, 5) is 18.2. The molecule has 0 saturated carbocycles. The smallest absolute Gasteiger partial charge is 0.252 e. The van der Waals surface area contributed by atoms with Crippen molar-refractivity contribution in [1.29, 1.82) is 0 Å². The van der Waals surface area contributed by atoms with Gasteiger partial charge in [0, 0.05) is 56.3 Å². The monoisotopic (exact) mass is 464 g/mol. The minimum Gasteiger partial charge on any atom is -0.347 e. The van der Waals surface area contributed by atoms with Crippen molar-refractivity contribution in [2.75, 3.05) is 46.3 Å². The number of rotatable bonds is 9. The molecule has 0 atom stereocenters. The van der Waals surface area contributed by atoms with E-state index in [2.05, 4.69) is 28.2 Å². The molecule has 1 aliphatic heterocycles. The summed E-state index contributed by atoms with van der Waals surface area (Å²) in [7, 11) is -1.33. The Hall–Kier alpha value is -1.78. The number of carbonyl (C=O) groups is 1. The number of amides is 1. The highest BCUT2D eigenvalue weighted by Gasteiger charge is 2.23. The van der Waals surface area contributed by atoms with Crippen LogP contribution in [0.2, 0.25) is 0 Å². The summed E-state index contributed by atoms with van der Waals surface area (Å²) in [6.45, 7) is 9.86. The number of nitrogens with zero attached hydrogens (tertiary/aromatic N) is 3. The fraction of sp³-hybridized carbons (Fsp3) is 0.500. The predicted molar refractivity (Wildman–Crippen MR) is 125 cm³/mol. The maximum atomic E-state index is 12.7. The zero-order valence-corrected chi connectivity index (χ0v) is 20.1. The van der Waals surface area contributed by atoms with Crippen molar-refractivity contribution in [3.05, 3.63) is 52.4 Å². The molecule has 7 nitrogen and oxygen atoms in total. The SMILES string of the molecule is CCN(CC)S(=O)(=O)c1ccc(CNC(=O)c2cccc(CN3CCN(C)CC3)c2)s1. The summed E-state index contributed by atoms with van der Waals surface area (Å²) in [5.74, 6) is -0.151. The van der Waals surface area contributed by atoms with Crippen LogP contribution in [-0.2, 0) is 23.1 Å². The van der Waals surface area contributed by atoms with E-state index in [1.54, 1.807) is 12.1 Å². The molecular formula is C22H32N4O3S2. The first-order valence-electron chi connectivity index (χ1n) is 10.7. The second-order valence-electron chi connectivity index (χ2n) is 7.77. The zero-order valence-electron chi connectivity index (χ0n) is 18.5. The molecule has 0 aliphatic carbocycles. The van der Waals surface area contributed by atoms with E-state index < -0.39 is 10.0 Å². The lowest BCUT2D eigenvalue weighted by atomic mass is 10.1. The molecule has 31 heavy (non-hydrogen) atoms. The highest BCUT2D eigenvalue weighted by molar-refractivity contribution is 7.91. The molecule has 3 rings (SSSR count). The van der Waals surface area contributed by atoms with Crippen molar-refractivity contribution in [2.45, 2.75) is 31.1 Å². The third-order valence-electron chi connectivity index (χ3n) is 5.55. The van der Waals surface area contributed by atoms with Gasteiger partial charge in [-0.25, -0.2) is 8.42 Å². The van der Waals surface area contributed by atoms with Gasteiger partial charge in [-0.05, 0) is 36.9 Å². The quantitative estimate of drug-likeness (QED) is 0.617. The van der Waals surface area contributed by atoms with Crippen molar-refractivity contribution in [3.8, 4) is 0 Å². The molecule has 0 spiro atoms. The number of benzene rings is 1. The molecule has 2 heterocycles. The Balaban J connectivity index is 1.58. The van der Waals surface area contributed by atoms with Crippen LogP contribution >= 0.6 is 11.3 Å². The molecule has 0 radical (unpaired) electrons. The van der Waals surface area contributed by atoms with Crippen molar-refractivity contribution in [3.63, 3.8) is 0 Å². The van der Waals surface area contributed by atoms with Gasteiger partial charge in [-0.2, -0.15) is 4.31 Å². The van der Waals surface area contributed by atoms with Gasteiger partial charge in [0.05, 0.1) is 6.54 Å².